The molecule has 2 aromatic rings. The fraction of sp³-hybridized carbons (Fsp3) is 0.0625. The predicted octanol–water partition coefficient (Wildman–Crippen LogP) is 3.23. The number of anilines is 2. The van der Waals surface area contributed by atoms with Gasteiger partial charge in [0.1, 0.15) is 0 Å². The van der Waals surface area contributed by atoms with Crippen molar-refractivity contribution in [1.82, 2.24) is 0 Å². The van der Waals surface area contributed by atoms with E-state index in [1.165, 1.54) is 13.0 Å². The lowest BCUT2D eigenvalue weighted by Crippen LogP contribution is -2.29. The summed E-state index contributed by atoms with van der Waals surface area (Å²) in [6, 6.07) is 13.4. The molecule has 0 fully saturated rings. The maximum absolute atomic E-state index is 11.9. The van der Waals surface area contributed by atoms with Crippen molar-refractivity contribution in [3.8, 4) is 0 Å². The highest BCUT2D eigenvalue weighted by atomic mass is 79.9. The van der Waals surface area contributed by atoms with Gasteiger partial charge in [-0.25, -0.2) is 0 Å². The number of hydrogen-bond donors (Lipinski definition) is 2. The molecule has 0 aliphatic carbocycles. The Balaban J connectivity index is 2.06. The molecular weight excluding hydrogens is 348 g/mol. The van der Waals surface area contributed by atoms with Crippen LogP contribution in [0.5, 0.6) is 0 Å². The quantitative estimate of drug-likeness (QED) is 0.651. The van der Waals surface area contributed by atoms with E-state index in [2.05, 4.69) is 26.6 Å². The monoisotopic (exact) mass is 360 g/mol. The number of rotatable bonds is 3. The van der Waals surface area contributed by atoms with Crippen LogP contribution in [0.3, 0.4) is 0 Å². The minimum absolute atomic E-state index is 0.117. The van der Waals surface area contributed by atoms with Crippen molar-refractivity contribution < 1.29 is 14.4 Å². The summed E-state index contributed by atoms with van der Waals surface area (Å²) in [5.74, 6) is -1.72. The van der Waals surface area contributed by atoms with Crippen molar-refractivity contribution in [2.75, 3.05) is 10.6 Å². The number of carbonyl (C=O) groups is 3. The molecule has 0 unspecified atom stereocenters. The third-order valence-electron chi connectivity index (χ3n) is 2.86. The fourth-order valence-corrected chi connectivity index (χ4v) is 2.13. The highest BCUT2D eigenvalue weighted by molar-refractivity contribution is 9.10. The highest BCUT2D eigenvalue weighted by Gasteiger charge is 2.15. The molecule has 2 N–H and O–H groups in total. The Kier molecular flexibility index (Phi) is 5.06. The van der Waals surface area contributed by atoms with Crippen molar-refractivity contribution in [3.63, 3.8) is 0 Å². The Bertz CT molecular complexity index is 744. The second-order valence-corrected chi connectivity index (χ2v) is 5.38. The average molecular weight is 361 g/mol. The summed E-state index contributed by atoms with van der Waals surface area (Å²) in [6.45, 7) is 1.43. The summed E-state index contributed by atoms with van der Waals surface area (Å²) in [4.78, 5) is 35.1. The van der Waals surface area contributed by atoms with Crippen LogP contribution in [0.1, 0.15) is 17.3 Å². The molecule has 0 spiro atoms. The first kappa shape index (κ1) is 15.9. The van der Waals surface area contributed by atoms with Crippen LogP contribution in [0.2, 0.25) is 0 Å². The predicted molar refractivity (Wildman–Crippen MR) is 87.8 cm³/mol. The smallest absolute Gasteiger partial charge is 0.314 e. The molecule has 0 bridgehead atoms. The molecule has 0 radical (unpaired) electrons. The number of hydrogen-bond acceptors (Lipinski definition) is 3. The Hall–Kier alpha value is -2.47. The van der Waals surface area contributed by atoms with Gasteiger partial charge in [0.05, 0.1) is 5.69 Å². The SMILES string of the molecule is CC(=O)c1cccc(NC(=O)C(=O)Nc2ccccc2Br)c1. The Morgan fingerprint density at radius 3 is 2.27 bits per heavy atom. The van der Waals surface area contributed by atoms with Gasteiger partial charge in [0.15, 0.2) is 5.78 Å². The standard InChI is InChI=1S/C16H13BrN2O3/c1-10(20)11-5-4-6-12(9-11)18-15(21)16(22)19-14-8-3-2-7-13(14)17/h2-9H,1H3,(H,18,21)(H,19,22). The van der Waals surface area contributed by atoms with Gasteiger partial charge < -0.3 is 10.6 Å². The van der Waals surface area contributed by atoms with Gasteiger partial charge in [-0.05, 0) is 47.1 Å². The number of Topliss-reactive ketones (excluding diaryl/α,β-unsaturated/α-hetero) is 1. The largest absolute Gasteiger partial charge is 0.318 e. The highest BCUT2D eigenvalue weighted by Crippen LogP contribution is 2.21. The van der Waals surface area contributed by atoms with Gasteiger partial charge in [0, 0.05) is 15.7 Å². The van der Waals surface area contributed by atoms with Crippen LogP contribution in [-0.2, 0) is 9.59 Å². The summed E-state index contributed by atoms with van der Waals surface area (Å²) in [5, 5.41) is 4.96. The van der Waals surface area contributed by atoms with E-state index in [4.69, 9.17) is 0 Å². The zero-order valence-electron chi connectivity index (χ0n) is 11.7. The molecular formula is C16H13BrN2O3. The molecule has 5 nitrogen and oxygen atoms in total. The Labute approximate surface area is 135 Å². The molecule has 2 rings (SSSR count). The minimum Gasteiger partial charge on any atom is -0.318 e. The van der Waals surface area contributed by atoms with E-state index in [0.29, 0.717) is 21.4 Å². The Morgan fingerprint density at radius 2 is 1.59 bits per heavy atom. The van der Waals surface area contributed by atoms with Crippen LogP contribution in [0.25, 0.3) is 0 Å². The van der Waals surface area contributed by atoms with Crippen molar-refractivity contribution in [2.45, 2.75) is 6.92 Å². The molecule has 2 aromatic carbocycles. The molecule has 0 heterocycles. The second kappa shape index (κ2) is 7.00. The van der Waals surface area contributed by atoms with Crippen molar-refractivity contribution in [2.24, 2.45) is 0 Å². The minimum atomic E-state index is -0.809. The normalized spacial score (nSPS) is 9.91. The summed E-state index contributed by atoms with van der Waals surface area (Å²) < 4.78 is 0.676. The summed E-state index contributed by atoms with van der Waals surface area (Å²) in [6.07, 6.45) is 0. The van der Waals surface area contributed by atoms with Gasteiger partial charge in [0.25, 0.3) is 0 Å². The third kappa shape index (κ3) is 4.02. The molecule has 2 amide bonds. The maximum Gasteiger partial charge on any atom is 0.314 e. The zero-order chi connectivity index (χ0) is 16.1. The fourth-order valence-electron chi connectivity index (χ4n) is 1.75. The third-order valence-corrected chi connectivity index (χ3v) is 3.55. The molecule has 6 heteroatoms. The second-order valence-electron chi connectivity index (χ2n) is 4.53. The lowest BCUT2D eigenvalue weighted by Gasteiger charge is -2.08. The number of nitrogens with one attached hydrogen (secondary N) is 2. The first-order valence-electron chi connectivity index (χ1n) is 6.45. The lowest BCUT2D eigenvalue weighted by molar-refractivity contribution is -0.133. The van der Waals surface area contributed by atoms with E-state index in [1.54, 1.807) is 42.5 Å². The van der Waals surface area contributed by atoms with Crippen LogP contribution >= 0.6 is 15.9 Å². The van der Waals surface area contributed by atoms with Gasteiger partial charge in [-0.3, -0.25) is 14.4 Å². The Morgan fingerprint density at radius 1 is 0.909 bits per heavy atom. The summed E-state index contributed by atoms with van der Waals surface area (Å²) in [7, 11) is 0. The van der Waals surface area contributed by atoms with E-state index >= 15 is 0 Å². The number of para-hydroxylation sites is 1. The molecule has 0 aliphatic heterocycles. The van der Waals surface area contributed by atoms with Crippen LogP contribution < -0.4 is 10.6 Å². The molecule has 112 valence electrons. The number of amides is 2. The van der Waals surface area contributed by atoms with Gasteiger partial charge in [-0.15, -0.1) is 0 Å². The van der Waals surface area contributed by atoms with E-state index in [9.17, 15) is 14.4 Å². The lowest BCUT2D eigenvalue weighted by atomic mass is 10.1. The molecule has 0 aromatic heterocycles. The van der Waals surface area contributed by atoms with Gasteiger partial charge in [0.2, 0.25) is 0 Å². The van der Waals surface area contributed by atoms with Crippen LogP contribution in [0.4, 0.5) is 11.4 Å². The van der Waals surface area contributed by atoms with Gasteiger partial charge >= 0.3 is 11.8 Å². The first-order valence-corrected chi connectivity index (χ1v) is 7.24. The first-order chi connectivity index (χ1) is 10.5. The number of ketones is 1. The van der Waals surface area contributed by atoms with E-state index in [1.807, 2.05) is 0 Å². The molecule has 0 saturated heterocycles. The van der Waals surface area contributed by atoms with E-state index in [-0.39, 0.29) is 5.78 Å². The number of benzene rings is 2. The average Bonchev–Trinajstić information content (AvgIpc) is 2.49. The van der Waals surface area contributed by atoms with Crippen LogP contribution in [0, 0.1) is 0 Å². The topological polar surface area (TPSA) is 75.3 Å². The molecule has 0 aliphatic rings. The van der Waals surface area contributed by atoms with Crippen molar-refractivity contribution in [1.29, 1.82) is 0 Å². The molecule has 0 atom stereocenters. The summed E-state index contributed by atoms with van der Waals surface area (Å²) >= 11 is 3.28. The van der Waals surface area contributed by atoms with Crippen molar-refractivity contribution >= 4 is 44.9 Å². The number of halogens is 1. The van der Waals surface area contributed by atoms with Crippen LogP contribution in [-0.4, -0.2) is 17.6 Å². The number of carbonyl (C=O) groups excluding carboxylic acids is 3. The summed E-state index contributed by atoms with van der Waals surface area (Å²) in [5.41, 5.74) is 1.35. The van der Waals surface area contributed by atoms with Crippen molar-refractivity contribution in [3.05, 3.63) is 58.6 Å². The van der Waals surface area contributed by atoms with E-state index < -0.39 is 11.8 Å². The van der Waals surface area contributed by atoms with Crippen LogP contribution in [0.15, 0.2) is 53.0 Å². The van der Waals surface area contributed by atoms with Gasteiger partial charge in [-0.2, -0.15) is 0 Å². The molecule has 22 heavy (non-hydrogen) atoms. The van der Waals surface area contributed by atoms with E-state index in [0.717, 1.165) is 0 Å². The molecule has 0 saturated carbocycles. The van der Waals surface area contributed by atoms with Gasteiger partial charge in [-0.1, -0.05) is 24.3 Å². The maximum atomic E-state index is 11.9. The zero-order valence-corrected chi connectivity index (χ0v) is 13.3.